The SMILES string of the molecule is CSCC[C@H](NC(=O)c1ccc(COCCc2ccc(-c3ccc(F)cc3)o2)cc1-c1ccccc1C)C(=O)O. The molecule has 0 bridgehead atoms. The molecule has 0 saturated heterocycles. The molecule has 1 amide bonds. The number of halogens is 1. The first-order chi connectivity index (χ1) is 19.4. The maximum Gasteiger partial charge on any atom is 0.326 e. The van der Waals surface area contributed by atoms with Crippen LogP contribution in [0.4, 0.5) is 4.39 Å². The third-order valence-corrected chi connectivity index (χ3v) is 7.17. The summed E-state index contributed by atoms with van der Waals surface area (Å²) in [6.45, 7) is 2.73. The van der Waals surface area contributed by atoms with Crippen LogP contribution in [0.25, 0.3) is 22.5 Å². The van der Waals surface area contributed by atoms with E-state index in [0.29, 0.717) is 43.1 Å². The number of carboxylic acids is 1. The average molecular weight is 562 g/mol. The van der Waals surface area contributed by atoms with E-state index in [1.807, 2.05) is 61.7 Å². The van der Waals surface area contributed by atoms with E-state index in [1.165, 1.54) is 23.9 Å². The molecule has 0 aliphatic carbocycles. The summed E-state index contributed by atoms with van der Waals surface area (Å²) >= 11 is 1.54. The van der Waals surface area contributed by atoms with Crippen molar-refractivity contribution in [3.8, 4) is 22.5 Å². The molecule has 208 valence electrons. The zero-order valence-corrected chi connectivity index (χ0v) is 23.3. The van der Waals surface area contributed by atoms with Gasteiger partial charge in [-0.25, -0.2) is 9.18 Å². The van der Waals surface area contributed by atoms with Crippen molar-refractivity contribution in [3.63, 3.8) is 0 Å². The number of thioether (sulfide) groups is 1. The first-order valence-corrected chi connectivity index (χ1v) is 14.4. The van der Waals surface area contributed by atoms with E-state index in [0.717, 1.165) is 33.6 Å². The van der Waals surface area contributed by atoms with Gasteiger partial charge < -0.3 is 19.6 Å². The number of carboxylic acid groups (broad SMARTS) is 1. The predicted octanol–water partition coefficient (Wildman–Crippen LogP) is 6.76. The summed E-state index contributed by atoms with van der Waals surface area (Å²) in [4.78, 5) is 24.9. The van der Waals surface area contributed by atoms with Crippen LogP contribution in [0.15, 0.2) is 83.3 Å². The zero-order chi connectivity index (χ0) is 28.5. The summed E-state index contributed by atoms with van der Waals surface area (Å²) in [5.41, 5.74) is 4.73. The number of carbonyl (C=O) groups excluding carboxylic acids is 1. The van der Waals surface area contributed by atoms with Gasteiger partial charge in [-0.15, -0.1) is 0 Å². The summed E-state index contributed by atoms with van der Waals surface area (Å²) in [6, 6.07) is 22.2. The van der Waals surface area contributed by atoms with Gasteiger partial charge in [-0.1, -0.05) is 30.3 Å². The van der Waals surface area contributed by atoms with Crippen molar-refractivity contribution in [3.05, 3.63) is 107 Å². The number of aryl methyl sites for hydroxylation is 1. The Kier molecular flexibility index (Phi) is 10.2. The van der Waals surface area contributed by atoms with Crippen LogP contribution in [0.2, 0.25) is 0 Å². The lowest BCUT2D eigenvalue weighted by atomic mass is 9.93. The zero-order valence-electron chi connectivity index (χ0n) is 22.5. The largest absolute Gasteiger partial charge is 0.480 e. The number of amides is 1. The van der Waals surface area contributed by atoms with Crippen LogP contribution in [-0.4, -0.2) is 41.6 Å². The van der Waals surface area contributed by atoms with Crippen LogP contribution in [0.3, 0.4) is 0 Å². The van der Waals surface area contributed by atoms with Crippen molar-refractivity contribution in [1.29, 1.82) is 0 Å². The Balaban J connectivity index is 1.44. The molecule has 1 aromatic heterocycles. The maximum atomic E-state index is 13.2. The van der Waals surface area contributed by atoms with Crippen molar-refractivity contribution in [2.75, 3.05) is 18.6 Å². The highest BCUT2D eigenvalue weighted by Crippen LogP contribution is 2.29. The number of carbonyl (C=O) groups is 2. The molecule has 1 heterocycles. The van der Waals surface area contributed by atoms with Crippen molar-refractivity contribution in [1.82, 2.24) is 5.32 Å². The number of rotatable bonds is 13. The van der Waals surface area contributed by atoms with Gasteiger partial charge >= 0.3 is 5.97 Å². The standard InChI is InChI=1S/C32H32FNO5S/c1-21-5-3-4-6-26(21)28-19-22(7-13-27(28)31(35)34-29(32(36)37)16-18-40-2)20-38-17-15-25-12-14-30(39-25)23-8-10-24(33)11-9-23/h3-14,19,29H,15-18,20H2,1-2H3,(H,34,35)(H,36,37)/t29-/m0/s1. The van der Waals surface area contributed by atoms with Crippen LogP contribution in [0, 0.1) is 12.7 Å². The van der Waals surface area contributed by atoms with Gasteiger partial charge in [0.2, 0.25) is 0 Å². The van der Waals surface area contributed by atoms with Crippen molar-refractivity contribution < 1.29 is 28.2 Å². The molecule has 6 nitrogen and oxygen atoms in total. The third-order valence-electron chi connectivity index (χ3n) is 6.53. The van der Waals surface area contributed by atoms with E-state index in [4.69, 9.17) is 9.15 Å². The molecule has 40 heavy (non-hydrogen) atoms. The molecule has 0 fully saturated rings. The van der Waals surface area contributed by atoms with E-state index in [1.54, 1.807) is 18.2 Å². The van der Waals surface area contributed by atoms with Gasteiger partial charge in [-0.05, 0) is 96.1 Å². The van der Waals surface area contributed by atoms with Crippen molar-refractivity contribution in [2.45, 2.75) is 32.4 Å². The molecule has 8 heteroatoms. The fourth-order valence-corrected chi connectivity index (χ4v) is 4.82. The van der Waals surface area contributed by atoms with Gasteiger partial charge in [-0.3, -0.25) is 4.79 Å². The van der Waals surface area contributed by atoms with Gasteiger partial charge in [0, 0.05) is 17.5 Å². The lowest BCUT2D eigenvalue weighted by Gasteiger charge is -2.17. The third kappa shape index (κ3) is 7.61. The Morgan fingerprint density at radius 1 is 1.02 bits per heavy atom. The van der Waals surface area contributed by atoms with Crippen LogP contribution in [-0.2, 0) is 22.6 Å². The number of nitrogens with one attached hydrogen (secondary N) is 1. The van der Waals surface area contributed by atoms with Crippen LogP contribution in [0.1, 0.15) is 33.7 Å². The van der Waals surface area contributed by atoms with Gasteiger partial charge in [0.25, 0.3) is 5.91 Å². The molecule has 0 saturated carbocycles. The van der Waals surface area contributed by atoms with Gasteiger partial charge in [0.05, 0.1) is 13.2 Å². The summed E-state index contributed by atoms with van der Waals surface area (Å²) in [7, 11) is 0. The normalized spacial score (nSPS) is 11.8. The minimum Gasteiger partial charge on any atom is -0.480 e. The highest BCUT2D eigenvalue weighted by Gasteiger charge is 2.22. The summed E-state index contributed by atoms with van der Waals surface area (Å²) in [5.74, 6) is 0.301. The molecular weight excluding hydrogens is 529 g/mol. The lowest BCUT2D eigenvalue weighted by molar-refractivity contribution is -0.139. The topological polar surface area (TPSA) is 88.8 Å². The first kappa shape index (κ1) is 29.1. The van der Waals surface area contributed by atoms with E-state index < -0.39 is 17.9 Å². The maximum absolute atomic E-state index is 13.2. The highest BCUT2D eigenvalue weighted by atomic mass is 32.2. The molecule has 2 N–H and O–H groups in total. The lowest BCUT2D eigenvalue weighted by Crippen LogP contribution is -2.41. The van der Waals surface area contributed by atoms with Crippen LogP contribution < -0.4 is 5.32 Å². The van der Waals surface area contributed by atoms with Gasteiger partial charge in [0.1, 0.15) is 23.4 Å². The molecular formula is C32H32FNO5S. The number of ether oxygens (including phenoxy) is 1. The van der Waals surface area contributed by atoms with E-state index in [9.17, 15) is 19.1 Å². The van der Waals surface area contributed by atoms with Crippen molar-refractivity contribution in [2.24, 2.45) is 0 Å². The second kappa shape index (κ2) is 14.0. The van der Waals surface area contributed by atoms with E-state index in [-0.39, 0.29) is 5.82 Å². The molecule has 4 aromatic rings. The first-order valence-electron chi connectivity index (χ1n) is 13.0. The number of benzene rings is 3. The predicted molar refractivity (Wildman–Crippen MR) is 156 cm³/mol. The van der Waals surface area contributed by atoms with E-state index in [2.05, 4.69) is 5.32 Å². The number of hydrogen-bond acceptors (Lipinski definition) is 5. The summed E-state index contributed by atoms with van der Waals surface area (Å²) < 4.78 is 25.0. The molecule has 0 radical (unpaired) electrons. The number of furan rings is 1. The van der Waals surface area contributed by atoms with Crippen molar-refractivity contribution >= 4 is 23.6 Å². The number of hydrogen-bond donors (Lipinski definition) is 2. The van der Waals surface area contributed by atoms with Crippen LogP contribution >= 0.6 is 11.8 Å². The number of aliphatic carboxylic acids is 1. The minimum atomic E-state index is -1.05. The molecule has 0 unspecified atom stereocenters. The Labute approximate surface area is 237 Å². The molecule has 1 atom stereocenters. The fraction of sp³-hybridized carbons (Fsp3) is 0.250. The van der Waals surface area contributed by atoms with Gasteiger partial charge in [-0.2, -0.15) is 11.8 Å². The molecule has 3 aromatic carbocycles. The Bertz CT molecular complexity index is 1450. The highest BCUT2D eigenvalue weighted by molar-refractivity contribution is 7.98. The molecule has 0 aliphatic heterocycles. The summed E-state index contributed by atoms with van der Waals surface area (Å²) in [5, 5.41) is 12.3. The molecule has 4 rings (SSSR count). The van der Waals surface area contributed by atoms with Crippen LogP contribution in [0.5, 0.6) is 0 Å². The minimum absolute atomic E-state index is 0.293. The Hall–Kier alpha value is -3.88. The van der Waals surface area contributed by atoms with Gasteiger partial charge in [0.15, 0.2) is 0 Å². The molecule has 0 aliphatic rings. The smallest absolute Gasteiger partial charge is 0.326 e. The Morgan fingerprint density at radius 2 is 1.80 bits per heavy atom. The monoisotopic (exact) mass is 561 g/mol. The fourth-order valence-electron chi connectivity index (χ4n) is 4.35. The molecule has 0 spiro atoms. The summed E-state index contributed by atoms with van der Waals surface area (Å²) in [6.07, 6.45) is 2.81. The van der Waals surface area contributed by atoms with E-state index >= 15 is 0 Å². The average Bonchev–Trinajstić information content (AvgIpc) is 3.42. The Morgan fingerprint density at radius 3 is 2.52 bits per heavy atom. The second-order valence-corrected chi connectivity index (χ2v) is 10.4. The quantitative estimate of drug-likeness (QED) is 0.175. The second-order valence-electron chi connectivity index (χ2n) is 9.42.